The van der Waals surface area contributed by atoms with Gasteiger partial charge in [0.15, 0.2) is 0 Å². The number of nitrogens with zero attached hydrogens (tertiary/aromatic N) is 1. The van der Waals surface area contributed by atoms with E-state index in [9.17, 15) is 9.90 Å². The molecular formula is C26H28ClNO4S2. The summed E-state index contributed by atoms with van der Waals surface area (Å²) in [6.45, 7) is 1.29. The minimum Gasteiger partial charge on any atom is -0.491 e. The van der Waals surface area contributed by atoms with Gasteiger partial charge >= 0.3 is 5.97 Å². The van der Waals surface area contributed by atoms with Crippen molar-refractivity contribution in [2.75, 3.05) is 20.2 Å². The number of esters is 1. The predicted octanol–water partition coefficient (Wildman–Crippen LogP) is 5.42. The highest BCUT2D eigenvalue weighted by Crippen LogP contribution is 2.49. The molecule has 0 amide bonds. The molecule has 2 fully saturated rings. The van der Waals surface area contributed by atoms with Crippen molar-refractivity contribution in [2.24, 2.45) is 11.8 Å². The van der Waals surface area contributed by atoms with E-state index in [0.29, 0.717) is 39.1 Å². The molecule has 4 atom stereocenters. The van der Waals surface area contributed by atoms with Crippen molar-refractivity contribution in [3.05, 3.63) is 74.1 Å². The Morgan fingerprint density at radius 1 is 1.12 bits per heavy atom. The molecule has 0 spiro atoms. The summed E-state index contributed by atoms with van der Waals surface area (Å²) in [4.78, 5) is 17.0. The summed E-state index contributed by atoms with van der Waals surface area (Å²) in [5.41, 5.74) is -1.76. The Labute approximate surface area is 212 Å². The Kier molecular flexibility index (Phi) is 7.00. The average molecular weight is 518 g/mol. The molecule has 8 heteroatoms. The number of halogens is 1. The van der Waals surface area contributed by atoms with E-state index in [1.165, 1.54) is 22.7 Å². The van der Waals surface area contributed by atoms with E-state index in [1.54, 1.807) is 12.1 Å². The molecule has 4 unspecified atom stereocenters. The van der Waals surface area contributed by atoms with Gasteiger partial charge in [-0.05, 0) is 67.3 Å². The number of aliphatic hydroxyl groups is 1. The van der Waals surface area contributed by atoms with Crippen LogP contribution in [0.15, 0.2) is 59.3 Å². The number of thiophene rings is 2. The monoisotopic (exact) mass is 517 g/mol. The molecule has 2 heterocycles. The third-order valence-corrected chi connectivity index (χ3v) is 9.46. The summed E-state index contributed by atoms with van der Waals surface area (Å²) in [5.74, 6) is 0.709. The second-order valence-electron chi connectivity index (χ2n) is 9.10. The molecule has 2 aliphatic carbocycles. The van der Waals surface area contributed by atoms with Crippen LogP contribution < -0.4 is 4.74 Å². The maximum Gasteiger partial charge on any atom is 0.349 e. The van der Waals surface area contributed by atoms with Crippen molar-refractivity contribution in [2.45, 2.75) is 37.0 Å². The predicted molar refractivity (Wildman–Crippen MR) is 136 cm³/mol. The van der Waals surface area contributed by atoms with Crippen molar-refractivity contribution in [1.29, 1.82) is 0 Å². The van der Waals surface area contributed by atoms with E-state index < -0.39 is 11.6 Å². The van der Waals surface area contributed by atoms with E-state index in [4.69, 9.17) is 21.1 Å². The number of para-hydroxylation sites is 1. The molecule has 2 saturated carbocycles. The number of ether oxygens (including phenoxy) is 2. The van der Waals surface area contributed by atoms with Crippen molar-refractivity contribution in [1.82, 2.24) is 4.90 Å². The molecule has 3 aromatic rings. The van der Waals surface area contributed by atoms with Gasteiger partial charge in [0.05, 0.1) is 14.8 Å². The number of carbonyl (C=O) groups is 1. The average Bonchev–Trinajstić information content (AvgIpc) is 3.65. The molecule has 0 radical (unpaired) electrons. The normalized spacial score (nSPS) is 24.0. The fourth-order valence-electron chi connectivity index (χ4n) is 5.45. The second-order valence-corrected chi connectivity index (χ2v) is 11.4. The van der Waals surface area contributed by atoms with E-state index in [-0.39, 0.29) is 12.0 Å². The number of carbonyl (C=O) groups excluding carboxylic acids is 1. The quantitative estimate of drug-likeness (QED) is 0.384. The van der Waals surface area contributed by atoms with Gasteiger partial charge in [-0.15, -0.1) is 22.7 Å². The lowest BCUT2D eigenvalue weighted by molar-refractivity contribution is -0.170. The van der Waals surface area contributed by atoms with Crippen LogP contribution in [0, 0.1) is 11.8 Å². The summed E-state index contributed by atoms with van der Waals surface area (Å²) < 4.78 is 12.0. The molecular weight excluding hydrogens is 490 g/mol. The third kappa shape index (κ3) is 4.40. The van der Waals surface area contributed by atoms with E-state index in [0.717, 1.165) is 25.8 Å². The van der Waals surface area contributed by atoms with Crippen LogP contribution in [0.2, 0.25) is 5.02 Å². The highest BCUT2D eigenvalue weighted by atomic mass is 35.5. The highest BCUT2D eigenvalue weighted by molar-refractivity contribution is 7.12. The Bertz CT molecular complexity index is 1070. The van der Waals surface area contributed by atoms with Crippen LogP contribution in [0.1, 0.15) is 29.0 Å². The van der Waals surface area contributed by atoms with Gasteiger partial charge in [0.2, 0.25) is 5.60 Å². The Morgan fingerprint density at radius 3 is 2.47 bits per heavy atom. The molecule has 0 aliphatic heterocycles. The topological polar surface area (TPSA) is 59.0 Å². The van der Waals surface area contributed by atoms with Crippen molar-refractivity contribution < 1.29 is 19.4 Å². The first-order valence-electron chi connectivity index (χ1n) is 11.6. The number of hydrogen-bond donors (Lipinski definition) is 1. The van der Waals surface area contributed by atoms with Gasteiger partial charge in [0, 0.05) is 18.5 Å². The molecule has 5 nitrogen and oxygen atoms in total. The molecule has 0 saturated heterocycles. The lowest BCUT2D eigenvalue weighted by atomic mass is 9.94. The van der Waals surface area contributed by atoms with Crippen LogP contribution in [-0.4, -0.2) is 48.3 Å². The number of rotatable bonds is 9. The van der Waals surface area contributed by atoms with Gasteiger partial charge < -0.3 is 14.6 Å². The molecule has 1 aromatic carbocycles. The standard InChI is InChI=1S/C26H28ClNO4S2/c1-28(12-13-31-21-7-3-2-6-19(21)27)20-16-17-10-11-18(20)24(17)32-25(29)26(30,22-8-4-14-33-22)23-9-5-15-34-23/h2-9,14-15,17-18,20,24,30H,10-13,16H2,1H3. The first kappa shape index (κ1) is 23.8. The SMILES string of the molecule is CN(CCOc1ccccc1Cl)C1CC2CCC1C2OC(=O)C(O)(c1cccs1)c1cccs1. The van der Waals surface area contributed by atoms with Crippen LogP contribution in [0.3, 0.4) is 0 Å². The maximum atomic E-state index is 13.5. The van der Waals surface area contributed by atoms with E-state index in [1.807, 2.05) is 47.2 Å². The van der Waals surface area contributed by atoms with Gasteiger partial charge in [-0.2, -0.15) is 0 Å². The van der Waals surface area contributed by atoms with E-state index >= 15 is 0 Å². The molecule has 34 heavy (non-hydrogen) atoms. The zero-order chi connectivity index (χ0) is 23.7. The number of benzene rings is 1. The molecule has 180 valence electrons. The van der Waals surface area contributed by atoms with Crippen LogP contribution >= 0.6 is 34.3 Å². The van der Waals surface area contributed by atoms with Crippen LogP contribution in [-0.2, 0) is 15.1 Å². The van der Waals surface area contributed by atoms with Gasteiger partial charge in [0.25, 0.3) is 0 Å². The van der Waals surface area contributed by atoms with Gasteiger partial charge in [-0.1, -0.05) is 35.9 Å². The van der Waals surface area contributed by atoms with Gasteiger partial charge in [-0.25, -0.2) is 4.79 Å². The number of hydrogen-bond acceptors (Lipinski definition) is 7. The summed E-state index contributed by atoms with van der Waals surface area (Å²) in [5, 5.41) is 15.9. The first-order valence-corrected chi connectivity index (χ1v) is 13.7. The summed E-state index contributed by atoms with van der Waals surface area (Å²) in [7, 11) is 2.11. The second kappa shape index (κ2) is 9.99. The summed E-state index contributed by atoms with van der Waals surface area (Å²) in [6.07, 6.45) is 2.90. The fraction of sp³-hybridized carbons (Fsp3) is 0.423. The minimum absolute atomic E-state index is 0.170. The van der Waals surface area contributed by atoms with Crippen molar-refractivity contribution >= 4 is 40.2 Å². The van der Waals surface area contributed by atoms with Crippen molar-refractivity contribution in [3.63, 3.8) is 0 Å². The molecule has 5 rings (SSSR count). The Hall–Kier alpha value is -1.90. The largest absolute Gasteiger partial charge is 0.491 e. The smallest absolute Gasteiger partial charge is 0.349 e. The first-order chi connectivity index (χ1) is 16.5. The van der Waals surface area contributed by atoms with Gasteiger partial charge in [0.1, 0.15) is 18.5 Å². The van der Waals surface area contributed by atoms with Gasteiger partial charge in [-0.3, -0.25) is 4.90 Å². The lowest BCUT2D eigenvalue weighted by Crippen LogP contribution is -2.42. The Morgan fingerprint density at radius 2 is 1.82 bits per heavy atom. The highest BCUT2D eigenvalue weighted by Gasteiger charge is 2.54. The number of fused-ring (bicyclic) bond motifs is 2. The fourth-order valence-corrected chi connectivity index (χ4v) is 7.36. The molecule has 2 aromatic heterocycles. The minimum atomic E-state index is -1.76. The number of likely N-dealkylation sites (N-methyl/N-ethyl adjacent to an activating group) is 1. The zero-order valence-electron chi connectivity index (χ0n) is 18.9. The lowest BCUT2D eigenvalue weighted by Gasteiger charge is -2.32. The van der Waals surface area contributed by atoms with Crippen LogP contribution in [0.5, 0.6) is 5.75 Å². The Balaban J connectivity index is 1.24. The maximum absolute atomic E-state index is 13.5. The molecule has 2 aliphatic rings. The van der Waals surface area contributed by atoms with E-state index in [2.05, 4.69) is 11.9 Å². The van der Waals surface area contributed by atoms with Crippen LogP contribution in [0.25, 0.3) is 0 Å². The van der Waals surface area contributed by atoms with Crippen molar-refractivity contribution in [3.8, 4) is 5.75 Å². The summed E-state index contributed by atoms with van der Waals surface area (Å²) >= 11 is 8.93. The molecule has 1 N–H and O–H groups in total. The van der Waals surface area contributed by atoms with Crippen LogP contribution in [0.4, 0.5) is 0 Å². The third-order valence-electron chi connectivity index (χ3n) is 7.19. The molecule has 2 bridgehead atoms. The zero-order valence-corrected chi connectivity index (χ0v) is 21.3. The summed E-state index contributed by atoms with van der Waals surface area (Å²) in [6, 6.07) is 15.1.